The highest BCUT2D eigenvalue weighted by atomic mass is 19.1. The Morgan fingerprint density at radius 1 is 0.839 bits per heavy atom. The first-order valence-corrected chi connectivity index (χ1v) is 10.8. The van der Waals surface area contributed by atoms with Crippen molar-refractivity contribution >= 4 is 0 Å². The Hall–Kier alpha value is -2.89. The van der Waals surface area contributed by atoms with Crippen molar-refractivity contribution in [2.24, 2.45) is 0 Å². The number of halogens is 1. The van der Waals surface area contributed by atoms with E-state index < -0.39 is 5.60 Å². The summed E-state index contributed by atoms with van der Waals surface area (Å²) in [7, 11) is 0. The minimum absolute atomic E-state index is 0.226. The van der Waals surface area contributed by atoms with Gasteiger partial charge in [0.2, 0.25) is 6.79 Å². The van der Waals surface area contributed by atoms with E-state index in [9.17, 15) is 4.39 Å². The molecule has 0 saturated carbocycles. The summed E-state index contributed by atoms with van der Waals surface area (Å²) in [5, 5.41) is 0. The average molecular weight is 419 g/mol. The first-order valence-electron chi connectivity index (χ1n) is 10.8. The first-order chi connectivity index (χ1) is 15.2. The van der Waals surface area contributed by atoms with Crippen LogP contribution in [0.1, 0.15) is 29.5 Å². The van der Waals surface area contributed by atoms with E-state index in [4.69, 9.17) is 14.2 Å². The lowest BCUT2D eigenvalue weighted by atomic mass is 9.83. The van der Waals surface area contributed by atoms with E-state index in [1.807, 2.05) is 36.4 Å². The van der Waals surface area contributed by atoms with Crippen molar-refractivity contribution in [3.8, 4) is 11.5 Å². The van der Waals surface area contributed by atoms with E-state index in [2.05, 4.69) is 29.2 Å². The quantitative estimate of drug-likeness (QED) is 0.545. The minimum atomic E-state index is -0.433. The van der Waals surface area contributed by atoms with Crippen molar-refractivity contribution in [1.29, 1.82) is 0 Å². The van der Waals surface area contributed by atoms with Gasteiger partial charge in [-0.05, 0) is 53.8 Å². The predicted octanol–water partition coefficient (Wildman–Crippen LogP) is 5.26. The normalized spacial score (nSPS) is 17.6. The zero-order chi connectivity index (χ0) is 21.1. The summed E-state index contributed by atoms with van der Waals surface area (Å²) in [4.78, 5) is 2.46. The van der Waals surface area contributed by atoms with E-state index in [-0.39, 0.29) is 12.6 Å². The van der Waals surface area contributed by atoms with Crippen LogP contribution in [0.25, 0.3) is 0 Å². The van der Waals surface area contributed by atoms with Gasteiger partial charge in [-0.15, -0.1) is 0 Å². The molecule has 3 aromatic carbocycles. The highest BCUT2D eigenvalue weighted by molar-refractivity contribution is 5.44. The highest BCUT2D eigenvalue weighted by Gasteiger charge is 2.37. The van der Waals surface area contributed by atoms with Crippen LogP contribution in [-0.2, 0) is 23.5 Å². The number of piperidine rings is 1. The van der Waals surface area contributed by atoms with Crippen LogP contribution in [-0.4, -0.2) is 24.8 Å². The van der Waals surface area contributed by atoms with Crippen molar-refractivity contribution in [2.75, 3.05) is 19.9 Å². The van der Waals surface area contributed by atoms with Gasteiger partial charge in [0.1, 0.15) is 5.82 Å². The van der Waals surface area contributed by atoms with Gasteiger partial charge in [-0.25, -0.2) is 4.39 Å². The van der Waals surface area contributed by atoms with Crippen LogP contribution in [0.3, 0.4) is 0 Å². The topological polar surface area (TPSA) is 30.9 Å². The molecule has 0 radical (unpaired) electrons. The third-order valence-corrected chi connectivity index (χ3v) is 6.24. The number of hydrogen-bond acceptors (Lipinski definition) is 4. The Kier molecular flexibility index (Phi) is 5.62. The molecule has 0 N–H and O–H groups in total. The van der Waals surface area contributed by atoms with Crippen molar-refractivity contribution < 1.29 is 18.6 Å². The SMILES string of the molecule is Fc1ccc(C2(OCc3ccc4c(c3)OCO4)CCN(Cc3ccccc3)CC2)cc1. The van der Waals surface area contributed by atoms with E-state index in [0.717, 1.165) is 55.1 Å². The molecule has 3 aromatic rings. The fourth-order valence-electron chi connectivity index (χ4n) is 4.44. The van der Waals surface area contributed by atoms with Crippen molar-refractivity contribution in [1.82, 2.24) is 4.90 Å². The van der Waals surface area contributed by atoms with Crippen LogP contribution >= 0.6 is 0 Å². The number of ether oxygens (including phenoxy) is 3. The summed E-state index contributed by atoms with van der Waals surface area (Å²) in [6.07, 6.45) is 1.71. The minimum Gasteiger partial charge on any atom is -0.454 e. The van der Waals surface area contributed by atoms with Crippen molar-refractivity contribution in [2.45, 2.75) is 31.6 Å². The molecular weight excluding hydrogens is 393 g/mol. The molecule has 2 heterocycles. The number of benzene rings is 3. The van der Waals surface area contributed by atoms with E-state index in [1.54, 1.807) is 0 Å². The van der Waals surface area contributed by atoms with Crippen LogP contribution in [0.15, 0.2) is 72.8 Å². The summed E-state index contributed by atoms with van der Waals surface area (Å²) in [5.74, 6) is 1.30. The Bertz CT molecular complexity index is 1010. The third kappa shape index (κ3) is 4.43. The van der Waals surface area contributed by atoms with Crippen LogP contribution in [0.5, 0.6) is 11.5 Å². The summed E-state index contributed by atoms with van der Waals surface area (Å²) in [5.41, 5.74) is 2.96. The standard InChI is InChI=1S/C26H26FNO3/c27-23-9-7-22(8-10-23)26(31-18-21-6-11-24-25(16-21)30-19-29-24)12-14-28(15-13-26)17-20-4-2-1-3-5-20/h1-11,16H,12-15,17-19H2. The van der Waals surface area contributed by atoms with Crippen LogP contribution in [0.2, 0.25) is 0 Å². The number of hydrogen-bond donors (Lipinski definition) is 0. The highest BCUT2D eigenvalue weighted by Crippen LogP contribution is 2.39. The molecule has 0 atom stereocenters. The summed E-state index contributed by atoms with van der Waals surface area (Å²) < 4.78 is 31.1. The number of fused-ring (bicyclic) bond motifs is 1. The lowest BCUT2D eigenvalue weighted by Crippen LogP contribution is -2.43. The van der Waals surface area contributed by atoms with Gasteiger partial charge in [0.25, 0.3) is 0 Å². The van der Waals surface area contributed by atoms with Crippen molar-refractivity contribution in [3.05, 3.63) is 95.3 Å². The van der Waals surface area contributed by atoms with Gasteiger partial charge in [0, 0.05) is 19.6 Å². The molecule has 0 amide bonds. The monoisotopic (exact) mass is 419 g/mol. The summed E-state index contributed by atoms with van der Waals surface area (Å²) in [6.45, 7) is 3.51. The molecule has 1 saturated heterocycles. The number of nitrogens with zero attached hydrogens (tertiary/aromatic N) is 1. The summed E-state index contributed by atoms with van der Waals surface area (Å²) in [6, 6.07) is 23.2. The largest absolute Gasteiger partial charge is 0.454 e. The lowest BCUT2D eigenvalue weighted by molar-refractivity contribution is -0.100. The second kappa shape index (κ2) is 8.69. The molecular formula is C26H26FNO3. The van der Waals surface area contributed by atoms with E-state index in [0.29, 0.717) is 6.61 Å². The smallest absolute Gasteiger partial charge is 0.231 e. The molecule has 2 aliphatic heterocycles. The van der Waals surface area contributed by atoms with Gasteiger partial charge in [-0.1, -0.05) is 48.5 Å². The maximum atomic E-state index is 13.6. The van der Waals surface area contributed by atoms with Crippen LogP contribution in [0.4, 0.5) is 4.39 Å². The number of rotatable bonds is 6. The molecule has 4 nitrogen and oxygen atoms in total. The van der Waals surface area contributed by atoms with E-state index in [1.165, 1.54) is 17.7 Å². The van der Waals surface area contributed by atoms with Gasteiger partial charge in [0.15, 0.2) is 11.5 Å². The van der Waals surface area contributed by atoms with Crippen molar-refractivity contribution in [3.63, 3.8) is 0 Å². The molecule has 0 aromatic heterocycles. The Morgan fingerprint density at radius 2 is 1.58 bits per heavy atom. The summed E-state index contributed by atoms with van der Waals surface area (Å²) >= 11 is 0. The fourth-order valence-corrected chi connectivity index (χ4v) is 4.44. The molecule has 2 aliphatic rings. The third-order valence-electron chi connectivity index (χ3n) is 6.24. The van der Waals surface area contributed by atoms with Gasteiger partial charge in [-0.2, -0.15) is 0 Å². The average Bonchev–Trinajstić information content (AvgIpc) is 3.28. The van der Waals surface area contributed by atoms with Gasteiger partial charge in [0.05, 0.1) is 12.2 Å². The zero-order valence-electron chi connectivity index (χ0n) is 17.4. The van der Waals surface area contributed by atoms with Gasteiger partial charge >= 0.3 is 0 Å². The molecule has 31 heavy (non-hydrogen) atoms. The zero-order valence-corrected chi connectivity index (χ0v) is 17.4. The Labute approximate surface area is 182 Å². The van der Waals surface area contributed by atoms with Gasteiger partial charge in [-0.3, -0.25) is 4.90 Å². The molecule has 0 bridgehead atoms. The predicted molar refractivity (Wildman–Crippen MR) is 116 cm³/mol. The second-order valence-corrected chi connectivity index (χ2v) is 8.24. The molecule has 0 unspecified atom stereocenters. The number of likely N-dealkylation sites (tertiary alicyclic amines) is 1. The molecule has 1 fully saturated rings. The first kappa shape index (κ1) is 20.0. The molecule has 5 rings (SSSR count). The fraction of sp³-hybridized carbons (Fsp3) is 0.308. The maximum Gasteiger partial charge on any atom is 0.231 e. The molecule has 0 spiro atoms. The van der Waals surface area contributed by atoms with Gasteiger partial charge < -0.3 is 14.2 Å². The second-order valence-electron chi connectivity index (χ2n) is 8.24. The molecule has 5 heteroatoms. The maximum absolute atomic E-state index is 13.6. The lowest BCUT2D eigenvalue weighted by Gasteiger charge is -2.42. The van der Waals surface area contributed by atoms with Crippen LogP contribution < -0.4 is 9.47 Å². The van der Waals surface area contributed by atoms with E-state index >= 15 is 0 Å². The molecule has 0 aliphatic carbocycles. The Balaban J connectivity index is 1.32. The van der Waals surface area contributed by atoms with Crippen LogP contribution in [0, 0.1) is 5.82 Å². The molecule has 160 valence electrons. The Morgan fingerprint density at radius 3 is 2.35 bits per heavy atom.